The Morgan fingerprint density at radius 3 is 2.17 bits per heavy atom. The molecule has 2 rings (SSSR count). The molecule has 1 amide bonds. The summed E-state index contributed by atoms with van der Waals surface area (Å²) in [6.45, 7) is 13.6. The fourth-order valence-electron chi connectivity index (χ4n) is 2.70. The highest BCUT2D eigenvalue weighted by atomic mass is 32.1. The molecule has 0 unspecified atom stereocenters. The van der Waals surface area contributed by atoms with Crippen LogP contribution in [0, 0.1) is 0 Å². The number of anilines is 1. The molecule has 4 N–H and O–H groups in total. The van der Waals surface area contributed by atoms with E-state index in [0.717, 1.165) is 16.7 Å². The van der Waals surface area contributed by atoms with Gasteiger partial charge in [0, 0.05) is 12.2 Å². The third-order valence-corrected chi connectivity index (χ3v) is 5.02. The fraction of sp³-hybridized carbons (Fsp3) is 0.524. The molecule has 1 aliphatic heterocycles. The smallest absolute Gasteiger partial charge is 0.444 e. The van der Waals surface area contributed by atoms with Crippen molar-refractivity contribution in [2.24, 2.45) is 5.73 Å². The molecule has 1 aromatic rings. The summed E-state index contributed by atoms with van der Waals surface area (Å²) in [5, 5.41) is 5.89. The molecule has 0 radical (unpaired) electrons. The summed E-state index contributed by atoms with van der Waals surface area (Å²) in [6.07, 6.45) is 1.44. The van der Waals surface area contributed by atoms with Crippen LogP contribution in [0.5, 0.6) is 0 Å². The van der Waals surface area contributed by atoms with Crippen LogP contribution >= 0.6 is 12.2 Å². The molecule has 1 saturated heterocycles. The number of hydrogen-bond acceptors (Lipinski definition) is 5. The first kappa shape index (κ1) is 24.2. The molecule has 0 aliphatic carbocycles. The van der Waals surface area contributed by atoms with Crippen LogP contribution in [0.4, 0.5) is 10.5 Å². The van der Waals surface area contributed by atoms with Gasteiger partial charge < -0.3 is 30.4 Å². The van der Waals surface area contributed by atoms with E-state index < -0.39 is 30.0 Å². The second kappa shape index (κ2) is 8.95. The zero-order valence-corrected chi connectivity index (χ0v) is 19.6. The molecule has 9 heteroatoms. The predicted molar refractivity (Wildman–Crippen MR) is 125 cm³/mol. The fourth-order valence-corrected chi connectivity index (χ4v) is 2.82. The van der Waals surface area contributed by atoms with Gasteiger partial charge in [0.25, 0.3) is 0 Å². The maximum absolute atomic E-state index is 12.2. The number of alkyl carbamates (subject to hydrolysis) is 1. The molecule has 1 aromatic carbocycles. The molecule has 1 fully saturated rings. The van der Waals surface area contributed by atoms with Crippen LogP contribution in [0.1, 0.15) is 54.0 Å². The van der Waals surface area contributed by atoms with Crippen molar-refractivity contribution in [1.29, 1.82) is 0 Å². The SMILES string of the molecule is CC(C)(C)OC(=O)NCC(=Cc1ccc(NC(N)=S)cc1)B1OC(C)(C)C(C)(C)O1. The van der Waals surface area contributed by atoms with Gasteiger partial charge in [-0.05, 0) is 83.9 Å². The number of carbonyl (C=O) groups is 1. The van der Waals surface area contributed by atoms with Crippen LogP contribution < -0.4 is 16.4 Å². The first-order chi connectivity index (χ1) is 13.7. The van der Waals surface area contributed by atoms with Gasteiger partial charge >= 0.3 is 13.2 Å². The van der Waals surface area contributed by atoms with Gasteiger partial charge in [-0.1, -0.05) is 18.2 Å². The van der Waals surface area contributed by atoms with Crippen molar-refractivity contribution >= 4 is 42.3 Å². The molecular weight excluding hydrogens is 401 g/mol. The number of ether oxygens (including phenoxy) is 1. The lowest BCUT2D eigenvalue weighted by Crippen LogP contribution is -2.41. The van der Waals surface area contributed by atoms with Crippen molar-refractivity contribution < 1.29 is 18.8 Å². The standard InChI is InChI=1S/C21H32BN3O4S/c1-19(2,3)27-18(26)24-13-15(22-28-20(4,5)21(6,7)29-22)12-14-8-10-16(11-9-14)25-17(23)30/h8-12H,13H2,1-7H3,(H,24,26)(H3,23,25,30). The maximum atomic E-state index is 12.2. The first-order valence-electron chi connectivity index (χ1n) is 9.88. The molecule has 0 aromatic heterocycles. The highest BCUT2D eigenvalue weighted by molar-refractivity contribution is 7.80. The van der Waals surface area contributed by atoms with Crippen LogP contribution in [0.15, 0.2) is 29.7 Å². The van der Waals surface area contributed by atoms with Crippen molar-refractivity contribution in [3.8, 4) is 0 Å². The monoisotopic (exact) mass is 433 g/mol. The van der Waals surface area contributed by atoms with Crippen molar-refractivity contribution in [2.45, 2.75) is 65.3 Å². The number of amides is 1. The number of nitrogens with one attached hydrogen (secondary N) is 2. The van der Waals surface area contributed by atoms with Gasteiger partial charge in [-0.25, -0.2) is 4.79 Å². The van der Waals surface area contributed by atoms with Crippen LogP contribution in [0.25, 0.3) is 6.08 Å². The Bertz CT molecular complexity index is 801. The predicted octanol–water partition coefficient (Wildman–Crippen LogP) is 3.88. The molecule has 1 heterocycles. The van der Waals surface area contributed by atoms with Crippen molar-refractivity contribution in [3.05, 3.63) is 35.3 Å². The molecule has 0 bridgehead atoms. The van der Waals surface area contributed by atoms with Crippen molar-refractivity contribution in [3.63, 3.8) is 0 Å². The van der Waals surface area contributed by atoms with Gasteiger partial charge in [0.05, 0.1) is 11.2 Å². The third kappa shape index (κ3) is 6.72. The van der Waals surface area contributed by atoms with E-state index >= 15 is 0 Å². The average molecular weight is 433 g/mol. The lowest BCUT2D eigenvalue weighted by atomic mass is 9.77. The van der Waals surface area contributed by atoms with E-state index in [1.54, 1.807) is 0 Å². The van der Waals surface area contributed by atoms with E-state index in [1.807, 2.05) is 78.8 Å². The second-order valence-corrected chi connectivity index (χ2v) is 9.71. The Balaban J connectivity index is 2.24. The van der Waals surface area contributed by atoms with Crippen LogP contribution in [0.2, 0.25) is 0 Å². The Kier molecular flexibility index (Phi) is 7.22. The number of carbonyl (C=O) groups excluding carboxylic acids is 1. The van der Waals surface area contributed by atoms with Gasteiger partial charge in [-0.3, -0.25) is 0 Å². The van der Waals surface area contributed by atoms with Crippen molar-refractivity contribution in [2.75, 3.05) is 11.9 Å². The Morgan fingerprint density at radius 2 is 1.70 bits per heavy atom. The van der Waals surface area contributed by atoms with E-state index in [2.05, 4.69) is 10.6 Å². The summed E-state index contributed by atoms with van der Waals surface area (Å²) in [4.78, 5) is 12.2. The zero-order valence-electron chi connectivity index (χ0n) is 18.8. The normalized spacial score (nSPS) is 18.1. The highest BCUT2D eigenvalue weighted by Gasteiger charge is 2.52. The van der Waals surface area contributed by atoms with Crippen LogP contribution in [-0.4, -0.2) is 41.7 Å². The zero-order chi connectivity index (χ0) is 22.7. The van der Waals surface area contributed by atoms with Gasteiger partial charge in [-0.15, -0.1) is 0 Å². The van der Waals surface area contributed by atoms with Gasteiger partial charge in [0.15, 0.2) is 5.11 Å². The van der Waals surface area contributed by atoms with Gasteiger partial charge in [0.1, 0.15) is 5.60 Å². The number of nitrogens with two attached hydrogens (primary N) is 1. The number of thiocarbonyl (C=S) groups is 1. The minimum atomic E-state index is -0.598. The largest absolute Gasteiger partial charge is 0.492 e. The molecule has 0 atom stereocenters. The number of rotatable bonds is 5. The summed E-state index contributed by atoms with van der Waals surface area (Å²) in [6, 6.07) is 7.57. The highest BCUT2D eigenvalue weighted by Crippen LogP contribution is 2.38. The molecule has 0 saturated carbocycles. The molecule has 30 heavy (non-hydrogen) atoms. The van der Waals surface area contributed by atoms with Gasteiger partial charge in [-0.2, -0.15) is 0 Å². The van der Waals surface area contributed by atoms with E-state index in [0.29, 0.717) is 0 Å². The quantitative estimate of drug-likeness (QED) is 0.479. The molecule has 0 spiro atoms. The molecule has 164 valence electrons. The Morgan fingerprint density at radius 1 is 1.17 bits per heavy atom. The van der Waals surface area contributed by atoms with E-state index in [1.165, 1.54) is 0 Å². The van der Waals surface area contributed by atoms with Crippen LogP contribution in [0.3, 0.4) is 0 Å². The van der Waals surface area contributed by atoms with E-state index in [9.17, 15) is 4.79 Å². The second-order valence-electron chi connectivity index (χ2n) is 9.27. The minimum Gasteiger partial charge on any atom is -0.444 e. The third-order valence-electron chi connectivity index (χ3n) is 4.92. The van der Waals surface area contributed by atoms with E-state index in [4.69, 9.17) is 32.0 Å². The van der Waals surface area contributed by atoms with E-state index in [-0.39, 0.29) is 11.7 Å². The topological polar surface area (TPSA) is 94.8 Å². The molecule has 7 nitrogen and oxygen atoms in total. The summed E-state index contributed by atoms with van der Waals surface area (Å²) in [5.74, 6) is 0. The van der Waals surface area contributed by atoms with Crippen molar-refractivity contribution in [1.82, 2.24) is 5.32 Å². The Hall–Kier alpha value is -2.10. The average Bonchev–Trinajstić information content (AvgIpc) is 2.78. The minimum absolute atomic E-state index is 0.206. The summed E-state index contributed by atoms with van der Waals surface area (Å²) in [7, 11) is -0.598. The maximum Gasteiger partial charge on any atom is 0.492 e. The molecular formula is C21H32BN3O4S. The summed E-state index contributed by atoms with van der Waals surface area (Å²) >= 11 is 4.86. The Labute approximate surface area is 184 Å². The van der Waals surface area contributed by atoms with Crippen LogP contribution in [-0.2, 0) is 14.0 Å². The number of hydrogen-bond donors (Lipinski definition) is 3. The summed E-state index contributed by atoms with van der Waals surface area (Å²) < 4.78 is 17.7. The van der Waals surface area contributed by atoms with Gasteiger partial charge in [0.2, 0.25) is 0 Å². The lowest BCUT2D eigenvalue weighted by Gasteiger charge is -2.32. The molecule has 1 aliphatic rings. The number of benzene rings is 1. The summed E-state index contributed by atoms with van der Waals surface area (Å²) in [5.41, 5.74) is 6.43. The first-order valence-corrected chi connectivity index (χ1v) is 10.3. The lowest BCUT2D eigenvalue weighted by molar-refractivity contribution is 0.00578.